The van der Waals surface area contributed by atoms with Crippen LogP contribution < -0.4 is 5.32 Å². The van der Waals surface area contributed by atoms with Gasteiger partial charge in [-0.3, -0.25) is 4.79 Å². The molecule has 10 nitrogen and oxygen atoms in total. The lowest BCUT2D eigenvalue weighted by atomic mass is 9.99. The van der Waals surface area contributed by atoms with Gasteiger partial charge in [0, 0.05) is 0 Å². The van der Waals surface area contributed by atoms with Crippen molar-refractivity contribution in [1.29, 1.82) is 0 Å². The summed E-state index contributed by atoms with van der Waals surface area (Å²) < 4.78 is 11.2. The van der Waals surface area contributed by atoms with Crippen molar-refractivity contribution in [2.75, 3.05) is 13.2 Å². The van der Waals surface area contributed by atoms with Gasteiger partial charge in [0.25, 0.3) is 0 Å². The standard InChI is InChI=1S/C59H113NO9/c1-3-5-7-9-11-13-15-17-19-20-21-22-23-24-25-26-27-28-29-30-31-32-34-36-38-40-42-44-46-48-53(63)58(67)60-51(50-68-59-57(66)56(65)55(64)54(49-61)69-59)52(62)47-45-43-41-39-37-35-33-18-16-14-12-10-8-6-4-2/h37,39,45,47,51-57,59,61-66H,3-36,38,40-44,46,48-50H2,1-2H3,(H,60,67)/b39-37+,47-45+. The fraction of sp³-hybridized carbons (Fsp3) is 0.915. The zero-order valence-electron chi connectivity index (χ0n) is 44.9. The van der Waals surface area contributed by atoms with Crippen LogP contribution in [0.3, 0.4) is 0 Å². The zero-order valence-corrected chi connectivity index (χ0v) is 44.9. The Morgan fingerprint density at radius 3 is 1.26 bits per heavy atom. The maximum atomic E-state index is 13.1. The lowest BCUT2D eigenvalue weighted by Crippen LogP contribution is -2.60. The highest BCUT2D eigenvalue weighted by Gasteiger charge is 2.44. The normalized spacial score (nSPS) is 20.0. The first kappa shape index (κ1) is 65.6. The Kier molecular flexibility index (Phi) is 46.5. The molecule has 1 fully saturated rings. The third kappa shape index (κ3) is 38.0. The first-order chi connectivity index (χ1) is 33.8. The molecule has 1 rings (SSSR count). The number of carbonyl (C=O) groups excluding carboxylic acids is 1. The molecule has 0 aromatic rings. The van der Waals surface area contributed by atoms with Crippen LogP contribution in [0.25, 0.3) is 0 Å². The molecule has 7 N–H and O–H groups in total. The van der Waals surface area contributed by atoms with E-state index in [1.54, 1.807) is 6.08 Å². The molecule has 69 heavy (non-hydrogen) atoms. The van der Waals surface area contributed by atoms with Crippen molar-refractivity contribution >= 4 is 5.91 Å². The van der Waals surface area contributed by atoms with Crippen molar-refractivity contribution < 1.29 is 44.9 Å². The van der Waals surface area contributed by atoms with Crippen LogP contribution in [-0.4, -0.2) is 98.7 Å². The number of amides is 1. The minimum absolute atomic E-state index is 0.308. The van der Waals surface area contributed by atoms with E-state index in [2.05, 4.69) is 31.3 Å². The lowest BCUT2D eigenvalue weighted by molar-refractivity contribution is -0.302. The molecule has 0 aliphatic carbocycles. The number of rotatable bonds is 51. The van der Waals surface area contributed by atoms with Crippen LogP contribution in [0.15, 0.2) is 24.3 Å². The Labute approximate surface area is 424 Å². The van der Waals surface area contributed by atoms with Crippen LogP contribution in [-0.2, 0) is 14.3 Å². The van der Waals surface area contributed by atoms with Crippen molar-refractivity contribution in [3.05, 3.63) is 24.3 Å². The summed E-state index contributed by atoms with van der Waals surface area (Å²) in [6, 6.07) is -0.994. The minimum Gasteiger partial charge on any atom is -0.394 e. The van der Waals surface area contributed by atoms with Gasteiger partial charge in [0.15, 0.2) is 6.29 Å². The summed E-state index contributed by atoms with van der Waals surface area (Å²) in [6.45, 7) is 3.62. The van der Waals surface area contributed by atoms with Gasteiger partial charge in [-0.25, -0.2) is 0 Å². The second kappa shape index (κ2) is 48.9. The summed E-state index contributed by atoms with van der Waals surface area (Å²) >= 11 is 0. The quantitative estimate of drug-likeness (QED) is 0.0232. The summed E-state index contributed by atoms with van der Waals surface area (Å²) in [5.41, 5.74) is 0. The number of carbonyl (C=O) groups is 1. The molecule has 0 bridgehead atoms. The fourth-order valence-corrected chi connectivity index (χ4v) is 9.59. The number of ether oxygens (including phenoxy) is 2. The number of aliphatic hydroxyl groups excluding tert-OH is 6. The van der Waals surface area contributed by atoms with Gasteiger partial charge in [-0.05, 0) is 32.1 Å². The van der Waals surface area contributed by atoms with Gasteiger partial charge in [-0.2, -0.15) is 0 Å². The first-order valence-electron chi connectivity index (χ1n) is 29.7. The number of unbranched alkanes of at least 4 members (excludes halogenated alkanes) is 38. The van der Waals surface area contributed by atoms with E-state index in [1.807, 2.05) is 6.08 Å². The molecular formula is C59H113NO9. The predicted octanol–water partition coefficient (Wildman–Crippen LogP) is 13.5. The van der Waals surface area contributed by atoms with E-state index in [1.165, 1.54) is 218 Å². The van der Waals surface area contributed by atoms with E-state index < -0.39 is 61.5 Å². The molecule has 1 saturated heterocycles. The molecule has 0 aromatic carbocycles. The van der Waals surface area contributed by atoms with Gasteiger partial charge >= 0.3 is 0 Å². The van der Waals surface area contributed by atoms with Crippen molar-refractivity contribution in [2.24, 2.45) is 0 Å². The van der Waals surface area contributed by atoms with E-state index in [9.17, 15) is 35.4 Å². The Bertz CT molecular complexity index is 1150. The third-order valence-electron chi connectivity index (χ3n) is 14.4. The molecule has 0 radical (unpaired) electrons. The number of allylic oxidation sites excluding steroid dienone is 3. The van der Waals surface area contributed by atoms with Gasteiger partial charge in [0.1, 0.15) is 30.5 Å². The largest absolute Gasteiger partial charge is 0.394 e. The summed E-state index contributed by atoms with van der Waals surface area (Å²) in [5, 5.41) is 65.0. The van der Waals surface area contributed by atoms with E-state index in [4.69, 9.17) is 9.47 Å². The average molecular weight is 981 g/mol. The topological polar surface area (TPSA) is 169 Å². The van der Waals surface area contributed by atoms with Crippen molar-refractivity contribution in [3.8, 4) is 0 Å². The predicted molar refractivity (Wildman–Crippen MR) is 287 cm³/mol. The highest BCUT2D eigenvalue weighted by molar-refractivity contribution is 5.80. The summed E-state index contributed by atoms with van der Waals surface area (Å²) in [4.78, 5) is 13.1. The number of hydrogen-bond donors (Lipinski definition) is 7. The molecule has 1 aliphatic heterocycles. The average Bonchev–Trinajstić information content (AvgIpc) is 3.35. The van der Waals surface area contributed by atoms with Crippen LogP contribution in [0.4, 0.5) is 0 Å². The Balaban J connectivity index is 2.20. The zero-order chi connectivity index (χ0) is 50.3. The molecule has 0 aromatic heterocycles. The van der Waals surface area contributed by atoms with E-state index >= 15 is 0 Å². The lowest BCUT2D eigenvalue weighted by Gasteiger charge is -2.40. The van der Waals surface area contributed by atoms with Crippen LogP contribution in [0.1, 0.15) is 284 Å². The summed E-state index contributed by atoms with van der Waals surface area (Å²) in [5.74, 6) is -0.621. The van der Waals surface area contributed by atoms with E-state index in [-0.39, 0.29) is 6.61 Å². The maximum Gasteiger partial charge on any atom is 0.249 e. The molecule has 1 aliphatic rings. The van der Waals surface area contributed by atoms with Crippen LogP contribution in [0, 0.1) is 0 Å². The van der Waals surface area contributed by atoms with Crippen molar-refractivity contribution in [1.82, 2.24) is 5.32 Å². The van der Waals surface area contributed by atoms with Crippen LogP contribution in [0.2, 0.25) is 0 Å². The molecule has 0 spiro atoms. The number of nitrogens with one attached hydrogen (secondary N) is 1. The highest BCUT2D eigenvalue weighted by Crippen LogP contribution is 2.23. The fourth-order valence-electron chi connectivity index (χ4n) is 9.59. The monoisotopic (exact) mass is 980 g/mol. The summed E-state index contributed by atoms with van der Waals surface area (Å²) in [6.07, 6.45) is 51.6. The van der Waals surface area contributed by atoms with Crippen LogP contribution in [0.5, 0.6) is 0 Å². The Morgan fingerprint density at radius 2 is 0.855 bits per heavy atom. The number of hydrogen-bond acceptors (Lipinski definition) is 9. The first-order valence-corrected chi connectivity index (χ1v) is 29.7. The summed E-state index contributed by atoms with van der Waals surface area (Å²) in [7, 11) is 0. The smallest absolute Gasteiger partial charge is 0.249 e. The van der Waals surface area contributed by atoms with Crippen LogP contribution >= 0.6 is 0 Å². The second-order valence-electron chi connectivity index (χ2n) is 20.9. The van der Waals surface area contributed by atoms with Gasteiger partial charge in [0.2, 0.25) is 5.91 Å². The van der Waals surface area contributed by atoms with Gasteiger partial charge < -0.3 is 45.4 Å². The SMILES string of the molecule is CCCCCCCCCCC/C=C/CC/C=C/C(O)C(COC1OC(CO)C(O)C(O)C1O)NC(=O)C(O)CCCCCCCCCCCCCCCCCCCCCCCCCCCCCCC. The molecule has 1 heterocycles. The molecule has 408 valence electrons. The number of aliphatic hydroxyl groups is 6. The molecule has 8 unspecified atom stereocenters. The molecule has 0 saturated carbocycles. The van der Waals surface area contributed by atoms with Crippen molar-refractivity contribution in [3.63, 3.8) is 0 Å². The van der Waals surface area contributed by atoms with E-state index in [0.717, 1.165) is 38.5 Å². The molecule has 8 atom stereocenters. The van der Waals surface area contributed by atoms with Gasteiger partial charge in [-0.15, -0.1) is 0 Å². The van der Waals surface area contributed by atoms with Gasteiger partial charge in [-0.1, -0.05) is 276 Å². The van der Waals surface area contributed by atoms with E-state index in [0.29, 0.717) is 12.8 Å². The highest BCUT2D eigenvalue weighted by atomic mass is 16.7. The molecule has 10 heteroatoms. The Morgan fingerprint density at radius 1 is 0.493 bits per heavy atom. The minimum atomic E-state index is -1.61. The van der Waals surface area contributed by atoms with Crippen molar-refractivity contribution in [2.45, 2.75) is 332 Å². The van der Waals surface area contributed by atoms with Gasteiger partial charge in [0.05, 0.1) is 25.4 Å². The Hall–Kier alpha value is -1.37. The maximum absolute atomic E-state index is 13.1. The molecular weight excluding hydrogens is 867 g/mol. The third-order valence-corrected chi connectivity index (χ3v) is 14.4. The molecule has 1 amide bonds. The second-order valence-corrected chi connectivity index (χ2v) is 20.9.